The van der Waals surface area contributed by atoms with E-state index < -0.39 is 24.0 Å². The smallest absolute Gasteiger partial charge is 0.326 e. The molecule has 0 aliphatic carbocycles. The van der Waals surface area contributed by atoms with Crippen molar-refractivity contribution in [3.63, 3.8) is 0 Å². The van der Waals surface area contributed by atoms with E-state index in [1.165, 1.54) is 12.1 Å². The zero-order valence-electron chi connectivity index (χ0n) is 12.1. The number of hydrogen-bond donors (Lipinski definition) is 4. The van der Waals surface area contributed by atoms with E-state index in [0.29, 0.717) is 12.0 Å². The molecule has 0 aliphatic heterocycles. The first-order valence-corrected chi connectivity index (χ1v) is 7.00. The van der Waals surface area contributed by atoms with Gasteiger partial charge in [-0.25, -0.2) is 4.79 Å². The van der Waals surface area contributed by atoms with Crippen molar-refractivity contribution in [2.75, 3.05) is 0 Å². The van der Waals surface area contributed by atoms with Gasteiger partial charge in [0.1, 0.15) is 11.8 Å². The fourth-order valence-corrected chi connectivity index (χ4v) is 1.90. The Kier molecular flexibility index (Phi) is 6.68. The minimum absolute atomic E-state index is 0.108. The summed E-state index contributed by atoms with van der Waals surface area (Å²) in [5.74, 6) is -1.45. The molecule has 0 aliphatic rings. The highest BCUT2D eigenvalue weighted by Crippen LogP contribution is 2.11. The summed E-state index contributed by atoms with van der Waals surface area (Å²) in [6, 6.07) is 4.47. The molecule has 1 aromatic rings. The van der Waals surface area contributed by atoms with Gasteiger partial charge in [0.25, 0.3) is 0 Å². The van der Waals surface area contributed by atoms with E-state index in [1.54, 1.807) is 12.1 Å². The molecule has 2 atom stereocenters. The van der Waals surface area contributed by atoms with Crippen LogP contribution in [-0.2, 0) is 16.0 Å². The van der Waals surface area contributed by atoms with Crippen LogP contribution >= 0.6 is 0 Å². The number of benzene rings is 1. The van der Waals surface area contributed by atoms with Gasteiger partial charge in [-0.3, -0.25) is 4.79 Å². The maximum atomic E-state index is 11.9. The first kappa shape index (κ1) is 17.0. The molecule has 6 heteroatoms. The molecule has 0 spiro atoms. The number of carbonyl (C=O) groups is 2. The highest BCUT2D eigenvalue weighted by Gasteiger charge is 2.23. The molecule has 6 nitrogen and oxygen atoms in total. The number of carbonyl (C=O) groups excluding carboxylic acids is 1. The zero-order chi connectivity index (χ0) is 15.8. The maximum absolute atomic E-state index is 11.9. The number of unbranched alkanes of at least 4 members (excludes halogenated alkanes) is 1. The van der Waals surface area contributed by atoms with Crippen LogP contribution in [0.15, 0.2) is 24.3 Å². The van der Waals surface area contributed by atoms with Gasteiger partial charge >= 0.3 is 5.97 Å². The number of phenolic OH excluding ortho intramolecular Hbond substituents is 1. The zero-order valence-corrected chi connectivity index (χ0v) is 12.1. The van der Waals surface area contributed by atoms with Gasteiger partial charge in [-0.15, -0.1) is 0 Å². The molecule has 116 valence electrons. The predicted octanol–water partition coefficient (Wildman–Crippen LogP) is 1.02. The summed E-state index contributed by atoms with van der Waals surface area (Å²) < 4.78 is 0. The lowest BCUT2D eigenvalue weighted by Gasteiger charge is -2.18. The van der Waals surface area contributed by atoms with Crippen LogP contribution in [0, 0.1) is 0 Å². The number of carboxylic acids is 1. The van der Waals surface area contributed by atoms with E-state index in [2.05, 4.69) is 5.32 Å². The van der Waals surface area contributed by atoms with Gasteiger partial charge in [0.15, 0.2) is 0 Å². The molecule has 1 amide bonds. The first-order valence-electron chi connectivity index (χ1n) is 7.00. The van der Waals surface area contributed by atoms with Crippen molar-refractivity contribution in [2.45, 2.75) is 44.7 Å². The highest BCUT2D eigenvalue weighted by molar-refractivity contribution is 5.86. The average Bonchev–Trinajstić information content (AvgIpc) is 2.45. The van der Waals surface area contributed by atoms with Crippen molar-refractivity contribution in [2.24, 2.45) is 5.73 Å². The Morgan fingerprint density at radius 3 is 2.43 bits per heavy atom. The lowest BCUT2D eigenvalue weighted by molar-refractivity contribution is -0.142. The van der Waals surface area contributed by atoms with Crippen LogP contribution in [-0.4, -0.2) is 34.2 Å². The van der Waals surface area contributed by atoms with Gasteiger partial charge in [0, 0.05) is 6.42 Å². The quantitative estimate of drug-likeness (QED) is 0.572. The van der Waals surface area contributed by atoms with E-state index >= 15 is 0 Å². The Morgan fingerprint density at radius 2 is 1.90 bits per heavy atom. The third kappa shape index (κ3) is 5.83. The normalized spacial score (nSPS) is 13.4. The molecule has 0 aromatic heterocycles. The Morgan fingerprint density at radius 1 is 1.29 bits per heavy atom. The Balaban J connectivity index is 2.63. The fourth-order valence-electron chi connectivity index (χ4n) is 1.90. The number of phenols is 1. The molecule has 0 saturated heterocycles. The van der Waals surface area contributed by atoms with Gasteiger partial charge in [0.05, 0.1) is 6.04 Å². The van der Waals surface area contributed by atoms with Crippen LogP contribution in [0.5, 0.6) is 5.75 Å². The molecule has 0 radical (unpaired) electrons. The largest absolute Gasteiger partial charge is 0.508 e. The Labute approximate surface area is 124 Å². The van der Waals surface area contributed by atoms with Crippen molar-refractivity contribution >= 4 is 11.9 Å². The van der Waals surface area contributed by atoms with Crippen LogP contribution in [0.3, 0.4) is 0 Å². The number of hydrogen-bond acceptors (Lipinski definition) is 4. The second-order valence-corrected chi connectivity index (χ2v) is 5.02. The van der Waals surface area contributed by atoms with Crippen molar-refractivity contribution in [3.05, 3.63) is 29.8 Å². The summed E-state index contributed by atoms with van der Waals surface area (Å²) in [6.45, 7) is 2.00. The second kappa shape index (κ2) is 8.26. The molecule has 0 saturated carbocycles. The van der Waals surface area contributed by atoms with Crippen LogP contribution in [0.2, 0.25) is 0 Å². The molecule has 1 unspecified atom stereocenters. The van der Waals surface area contributed by atoms with Gasteiger partial charge in [-0.2, -0.15) is 0 Å². The minimum Gasteiger partial charge on any atom is -0.508 e. The summed E-state index contributed by atoms with van der Waals surface area (Å²) >= 11 is 0. The molecule has 0 fully saturated rings. The number of nitrogens with two attached hydrogens (primary N) is 1. The van der Waals surface area contributed by atoms with E-state index in [4.69, 9.17) is 5.73 Å². The summed E-state index contributed by atoms with van der Waals surface area (Å²) in [6.07, 6.45) is 2.43. The van der Waals surface area contributed by atoms with Gasteiger partial charge in [-0.1, -0.05) is 31.9 Å². The van der Waals surface area contributed by atoms with E-state index in [0.717, 1.165) is 12.8 Å². The summed E-state index contributed by atoms with van der Waals surface area (Å²) in [7, 11) is 0. The van der Waals surface area contributed by atoms with Crippen LogP contribution in [0.4, 0.5) is 0 Å². The van der Waals surface area contributed by atoms with Crippen LogP contribution < -0.4 is 11.1 Å². The predicted molar refractivity (Wildman–Crippen MR) is 78.9 cm³/mol. The lowest BCUT2D eigenvalue weighted by Crippen LogP contribution is -2.49. The van der Waals surface area contributed by atoms with Crippen LogP contribution in [0.25, 0.3) is 0 Å². The van der Waals surface area contributed by atoms with Crippen molar-refractivity contribution < 1.29 is 19.8 Å². The van der Waals surface area contributed by atoms with Gasteiger partial charge in [-0.05, 0) is 24.1 Å². The Hall–Kier alpha value is -2.08. The Bertz CT molecular complexity index is 473. The van der Waals surface area contributed by atoms with Gasteiger partial charge < -0.3 is 21.3 Å². The van der Waals surface area contributed by atoms with E-state index in [1.807, 2.05) is 6.92 Å². The van der Waals surface area contributed by atoms with Crippen molar-refractivity contribution in [1.29, 1.82) is 0 Å². The number of aliphatic carboxylic acids is 1. The monoisotopic (exact) mass is 294 g/mol. The average molecular weight is 294 g/mol. The minimum atomic E-state index is -1.11. The molecule has 1 rings (SSSR count). The molecule has 21 heavy (non-hydrogen) atoms. The number of aromatic hydroxyl groups is 1. The van der Waals surface area contributed by atoms with E-state index in [9.17, 15) is 19.8 Å². The molecular formula is C15H22N2O4. The number of amides is 1. The lowest BCUT2D eigenvalue weighted by atomic mass is 10.0. The summed E-state index contributed by atoms with van der Waals surface area (Å²) in [4.78, 5) is 23.1. The maximum Gasteiger partial charge on any atom is 0.326 e. The third-order valence-electron chi connectivity index (χ3n) is 3.20. The summed E-state index contributed by atoms with van der Waals surface area (Å²) in [5.41, 5.74) is 6.44. The summed E-state index contributed by atoms with van der Waals surface area (Å²) in [5, 5.41) is 20.9. The topological polar surface area (TPSA) is 113 Å². The molecule has 0 bridgehead atoms. The van der Waals surface area contributed by atoms with Crippen molar-refractivity contribution in [3.8, 4) is 5.75 Å². The first-order chi connectivity index (χ1) is 9.93. The SMILES string of the molecule is CCCCC(N)C(=O)N[C@H](Cc1ccc(O)cc1)C(=O)O. The second-order valence-electron chi connectivity index (χ2n) is 5.02. The highest BCUT2D eigenvalue weighted by atomic mass is 16.4. The molecule has 1 aromatic carbocycles. The molecule has 0 heterocycles. The van der Waals surface area contributed by atoms with Crippen LogP contribution in [0.1, 0.15) is 31.7 Å². The van der Waals surface area contributed by atoms with Crippen molar-refractivity contribution in [1.82, 2.24) is 5.32 Å². The molecule has 5 N–H and O–H groups in total. The molecular weight excluding hydrogens is 272 g/mol. The standard InChI is InChI=1S/C15H22N2O4/c1-2-3-4-12(16)14(19)17-13(15(20)21)9-10-5-7-11(18)8-6-10/h5-8,12-13,18H,2-4,9,16H2,1H3,(H,17,19)(H,20,21)/t12?,13-/m1/s1. The number of carboxylic acid groups (broad SMARTS) is 1. The van der Waals surface area contributed by atoms with Gasteiger partial charge in [0.2, 0.25) is 5.91 Å². The van der Waals surface area contributed by atoms with E-state index in [-0.39, 0.29) is 12.2 Å². The number of rotatable bonds is 8. The fraction of sp³-hybridized carbons (Fsp3) is 0.467. The third-order valence-corrected chi connectivity index (χ3v) is 3.20. The number of nitrogens with one attached hydrogen (secondary N) is 1.